The van der Waals surface area contributed by atoms with Crippen LogP contribution in [0.1, 0.15) is 6.92 Å². The van der Waals surface area contributed by atoms with Gasteiger partial charge in [-0.1, -0.05) is 0 Å². The molecule has 6 heteroatoms. The van der Waals surface area contributed by atoms with E-state index >= 15 is 0 Å². The summed E-state index contributed by atoms with van der Waals surface area (Å²) in [5, 5.41) is -0.283. The van der Waals surface area contributed by atoms with Crippen LogP contribution in [0.25, 0.3) is 0 Å². The first-order valence-electron chi connectivity index (χ1n) is 4.57. The largest absolute Gasteiger partial charge is 0.492 e. The number of hydrogen-bond acceptors (Lipinski definition) is 6. The summed E-state index contributed by atoms with van der Waals surface area (Å²) in [6, 6.07) is 0. The van der Waals surface area contributed by atoms with E-state index in [1.807, 2.05) is 0 Å². The standard InChI is InChI=1S/C10H12O5S/c1-4-15-7(11)5-6-8(13-2)9(14-3)10(12)16-6/h5H,4H2,1-3H3/b6-5-. The average molecular weight is 244 g/mol. The van der Waals surface area contributed by atoms with Crippen molar-refractivity contribution in [2.45, 2.75) is 6.92 Å². The van der Waals surface area contributed by atoms with Gasteiger partial charge in [-0.25, -0.2) is 4.79 Å². The van der Waals surface area contributed by atoms with Crippen molar-refractivity contribution in [3.05, 3.63) is 22.5 Å². The maximum Gasteiger partial charge on any atom is 0.332 e. The summed E-state index contributed by atoms with van der Waals surface area (Å²) in [6.07, 6.45) is 1.22. The Morgan fingerprint density at radius 3 is 2.44 bits per heavy atom. The molecule has 0 unspecified atom stereocenters. The lowest BCUT2D eigenvalue weighted by Gasteiger charge is -2.03. The van der Waals surface area contributed by atoms with Gasteiger partial charge in [0, 0.05) is 6.08 Å². The number of carbonyl (C=O) groups is 2. The first-order chi connectivity index (χ1) is 7.63. The molecule has 0 amide bonds. The van der Waals surface area contributed by atoms with Crippen LogP contribution < -0.4 is 0 Å². The Morgan fingerprint density at radius 2 is 1.94 bits per heavy atom. The third-order valence-electron chi connectivity index (χ3n) is 1.76. The van der Waals surface area contributed by atoms with Crippen LogP contribution in [0.5, 0.6) is 0 Å². The van der Waals surface area contributed by atoms with Crippen LogP contribution in [0.4, 0.5) is 0 Å². The molecule has 0 fully saturated rings. The van der Waals surface area contributed by atoms with Gasteiger partial charge >= 0.3 is 5.97 Å². The van der Waals surface area contributed by atoms with Gasteiger partial charge < -0.3 is 14.2 Å². The lowest BCUT2D eigenvalue weighted by molar-refractivity contribution is -0.137. The predicted octanol–water partition coefficient (Wildman–Crippen LogP) is 1.21. The van der Waals surface area contributed by atoms with E-state index in [1.54, 1.807) is 6.92 Å². The molecule has 0 N–H and O–H groups in total. The number of esters is 1. The Bertz CT molecular complexity index is 369. The summed E-state index contributed by atoms with van der Waals surface area (Å²) in [5.41, 5.74) is 0. The Morgan fingerprint density at radius 1 is 1.31 bits per heavy atom. The van der Waals surface area contributed by atoms with Gasteiger partial charge in [0.05, 0.1) is 25.7 Å². The highest BCUT2D eigenvalue weighted by atomic mass is 32.2. The van der Waals surface area contributed by atoms with Crippen LogP contribution in [0.3, 0.4) is 0 Å². The molecule has 0 atom stereocenters. The van der Waals surface area contributed by atoms with E-state index < -0.39 is 5.97 Å². The van der Waals surface area contributed by atoms with Crippen LogP contribution in [-0.4, -0.2) is 31.9 Å². The third-order valence-corrected chi connectivity index (χ3v) is 2.66. The number of methoxy groups -OCH3 is 2. The molecule has 0 saturated heterocycles. The highest BCUT2D eigenvalue weighted by Crippen LogP contribution is 2.37. The minimum absolute atomic E-state index is 0.114. The molecule has 1 rings (SSSR count). The topological polar surface area (TPSA) is 61.8 Å². The van der Waals surface area contributed by atoms with Crippen LogP contribution >= 0.6 is 11.8 Å². The van der Waals surface area contributed by atoms with Gasteiger partial charge in [-0.15, -0.1) is 0 Å². The molecule has 0 aliphatic carbocycles. The molecule has 0 aromatic heterocycles. The molecule has 88 valence electrons. The zero-order chi connectivity index (χ0) is 12.1. The molecule has 0 aromatic rings. The number of rotatable bonds is 4. The minimum Gasteiger partial charge on any atom is -0.492 e. The van der Waals surface area contributed by atoms with Gasteiger partial charge in [0.15, 0.2) is 5.76 Å². The fraction of sp³-hybridized carbons (Fsp3) is 0.400. The van der Waals surface area contributed by atoms with Gasteiger partial charge in [-0.05, 0) is 18.7 Å². The Labute approximate surface area is 97.4 Å². The minimum atomic E-state index is -0.510. The van der Waals surface area contributed by atoms with Gasteiger partial charge in [-0.3, -0.25) is 4.79 Å². The van der Waals surface area contributed by atoms with Crippen molar-refractivity contribution < 1.29 is 23.8 Å². The number of ether oxygens (including phenoxy) is 3. The van der Waals surface area contributed by atoms with Crippen LogP contribution in [-0.2, 0) is 23.8 Å². The van der Waals surface area contributed by atoms with Crippen LogP contribution in [0.15, 0.2) is 22.5 Å². The summed E-state index contributed by atoms with van der Waals surface area (Å²) >= 11 is 0.882. The van der Waals surface area contributed by atoms with Gasteiger partial charge in [0.2, 0.25) is 5.76 Å². The van der Waals surface area contributed by atoms with Crippen molar-refractivity contribution in [2.75, 3.05) is 20.8 Å². The fourth-order valence-electron chi connectivity index (χ4n) is 1.15. The Balaban J connectivity index is 2.96. The van der Waals surface area contributed by atoms with Gasteiger partial charge in [-0.2, -0.15) is 0 Å². The molecule has 1 aliphatic rings. The summed E-state index contributed by atoms with van der Waals surface area (Å²) in [7, 11) is 2.78. The number of thioether (sulfide) groups is 1. The highest BCUT2D eigenvalue weighted by Gasteiger charge is 2.31. The molecule has 16 heavy (non-hydrogen) atoms. The quantitative estimate of drug-likeness (QED) is 0.547. The second-order valence-electron chi connectivity index (χ2n) is 2.72. The van der Waals surface area contributed by atoms with Gasteiger partial charge in [0.1, 0.15) is 0 Å². The van der Waals surface area contributed by atoms with Crippen molar-refractivity contribution in [3.63, 3.8) is 0 Å². The van der Waals surface area contributed by atoms with Crippen molar-refractivity contribution >= 4 is 22.8 Å². The van der Waals surface area contributed by atoms with E-state index in [9.17, 15) is 9.59 Å². The molecule has 0 bridgehead atoms. The zero-order valence-electron chi connectivity index (χ0n) is 9.23. The zero-order valence-corrected chi connectivity index (χ0v) is 10.1. The molecular formula is C10H12O5S. The average Bonchev–Trinajstić information content (AvgIpc) is 2.53. The van der Waals surface area contributed by atoms with E-state index in [-0.39, 0.29) is 23.2 Å². The molecule has 1 aliphatic heterocycles. The first kappa shape index (κ1) is 12.6. The summed E-state index contributed by atoms with van der Waals surface area (Å²) < 4.78 is 14.6. The lowest BCUT2D eigenvalue weighted by Crippen LogP contribution is -2.01. The fourth-order valence-corrected chi connectivity index (χ4v) is 2.04. The molecule has 0 aromatic carbocycles. The van der Waals surface area contributed by atoms with Crippen molar-refractivity contribution in [3.8, 4) is 0 Å². The van der Waals surface area contributed by atoms with E-state index in [4.69, 9.17) is 14.2 Å². The van der Waals surface area contributed by atoms with Crippen LogP contribution in [0.2, 0.25) is 0 Å². The predicted molar refractivity (Wildman–Crippen MR) is 58.4 cm³/mol. The third kappa shape index (κ3) is 2.57. The monoisotopic (exact) mass is 244 g/mol. The van der Waals surface area contributed by atoms with E-state index in [0.29, 0.717) is 4.91 Å². The van der Waals surface area contributed by atoms with Crippen molar-refractivity contribution in [1.82, 2.24) is 0 Å². The van der Waals surface area contributed by atoms with E-state index in [1.165, 1.54) is 20.3 Å². The van der Waals surface area contributed by atoms with Crippen molar-refractivity contribution in [1.29, 1.82) is 0 Å². The molecular weight excluding hydrogens is 232 g/mol. The second kappa shape index (κ2) is 5.60. The smallest absolute Gasteiger partial charge is 0.332 e. The molecule has 5 nitrogen and oxygen atoms in total. The van der Waals surface area contributed by atoms with E-state index in [0.717, 1.165) is 11.8 Å². The van der Waals surface area contributed by atoms with Gasteiger partial charge in [0.25, 0.3) is 5.12 Å². The first-order valence-corrected chi connectivity index (χ1v) is 5.38. The Kier molecular flexibility index (Phi) is 4.42. The molecule has 1 heterocycles. The van der Waals surface area contributed by atoms with Crippen LogP contribution in [0, 0.1) is 0 Å². The highest BCUT2D eigenvalue weighted by molar-refractivity contribution is 8.18. The van der Waals surface area contributed by atoms with E-state index in [2.05, 4.69) is 0 Å². The summed E-state index contributed by atoms with van der Waals surface area (Å²) in [5.74, 6) is -0.127. The number of hydrogen-bond donors (Lipinski definition) is 0. The molecule has 0 saturated carbocycles. The molecule has 0 spiro atoms. The summed E-state index contributed by atoms with van der Waals surface area (Å²) in [4.78, 5) is 23.1. The summed E-state index contributed by atoms with van der Waals surface area (Å²) in [6.45, 7) is 1.99. The normalized spacial score (nSPS) is 17.9. The maximum absolute atomic E-state index is 11.4. The molecule has 0 radical (unpaired) electrons. The Hall–Kier alpha value is -1.43. The van der Waals surface area contributed by atoms with Crippen molar-refractivity contribution in [2.24, 2.45) is 0 Å². The SMILES string of the molecule is CCOC(=O)/C=C1\SC(=O)C(OC)=C1OC. The maximum atomic E-state index is 11.4. The second-order valence-corrected chi connectivity index (χ2v) is 3.73. The lowest BCUT2D eigenvalue weighted by atomic mass is 10.3. The number of carbonyl (C=O) groups excluding carboxylic acids is 2.